The van der Waals surface area contributed by atoms with Gasteiger partial charge in [0, 0.05) is 47.1 Å². The lowest BCUT2D eigenvalue weighted by Crippen LogP contribution is -2.33. The van der Waals surface area contributed by atoms with Crippen molar-refractivity contribution in [1.29, 1.82) is 0 Å². The van der Waals surface area contributed by atoms with Crippen molar-refractivity contribution in [3.63, 3.8) is 0 Å². The van der Waals surface area contributed by atoms with E-state index in [1.165, 1.54) is 30.5 Å². The van der Waals surface area contributed by atoms with Gasteiger partial charge in [-0.1, -0.05) is 24.3 Å². The highest BCUT2D eigenvalue weighted by atomic mass is 16.6. The number of ether oxygens (including phenoxy) is 3. The third-order valence-electron chi connectivity index (χ3n) is 7.53. The van der Waals surface area contributed by atoms with Crippen molar-refractivity contribution in [2.45, 2.75) is 18.8 Å². The van der Waals surface area contributed by atoms with Gasteiger partial charge in [-0.25, -0.2) is 9.78 Å². The van der Waals surface area contributed by atoms with Crippen LogP contribution in [0.5, 0.6) is 29.0 Å². The lowest BCUT2D eigenvalue weighted by molar-refractivity contribution is 0.0224. The van der Waals surface area contributed by atoms with Gasteiger partial charge in [-0.3, -0.25) is 4.79 Å². The van der Waals surface area contributed by atoms with E-state index >= 15 is 0 Å². The van der Waals surface area contributed by atoms with Crippen LogP contribution in [0.15, 0.2) is 91.1 Å². The Morgan fingerprint density at radius 3 is 2.23 bits per heavy atom. The Hall–Kier alpha value is -6.10. The second-order valence-corrected chi connectivity index (χ2v) is 10.3. The quantitative estimate of drug-likeness (QED) is 0.207. The van der Waals surface area contributed by atoms with Gasteiger partial charge in [-0.05, 0) is 59.7 Å². The van der Waals surface area contributed by atoms with E-state index in [0.29, 0.717) is 33.6 Å². The lowest BCUT2D eigenvalue weighted by Gasteiger charge is -2.36. The normalized spacial score (nSPS) is 13.7. The summed E-state index contributed by atoms with van der Waals surface area (Å²) in [6.45, 7) is 0.512. The minimum atomic E-state index is -1.46. The number of nitrogens with one attached hydrogen (secondary N) is 1. The smallest absolute Gasteiger partial charge is 0.340 e. The molecule has 11 heteroatoms. The molecule has 44 heavy (non-hydrogen) atoms. The molecular weight excluding hydrogens is 564 g/mol. The maximum Gasteiger partial charge on any atom is 0.340 e. The summed E-state index contributed by atoms with van der Waals surface area (Å²) in [6, 6.07) is 23.1. The van der Waals surface area contributed by atoms with Gasteiger partial charge in [-0.15, -0.1) is 0 Å². The van der Waals surface area contributed by atoms with Crippen LogP contribution < -0.4 is 20.5 Å². The number of nitrogens with two attached hydrogens (primary N) is 1. The summed E-state index contributed by atoms with van der Waals surface area (Å²) in [5, 5.41) is 23.2. The number of aromatic hydroxyl groups is 2. The minimum absolute atomic E-state index is 0.0452. The number of carbonyl (C=O) groups excluding carboxylic acids is 2. The molecule has 11 nitrogen and oxygen atoms in total. The fourth-order valence-corrected chi connectivity index (χ4v) is 5.45. The largest absolute Gasteiger partial charge is 0.508 e. The van der Waals surface area contributed by atoms with Crippen LogP contribution in [0, 0.1) is 0 Å². The number of phenolic OH excluding ortho intramolecular Hbond substituents is 2. The van der Waals surface area contributed by atoms with Crippen LogP contribution in [0.2, 0.25) is 0 Å². The lowest BCUT2D eigenvalue weighted by atomic mass is 9.77. The molecule has 0 unspecified atom stereocenters. The fraction of sp³-hybridized carbons (Fsp3) is 0.0909. The highest BCUT2D eigenvalue weighted by molar-refractivity contribution is 6.00. The number of esters is 1. The zero-order valence-corrected chi connectivity index (χ0v) is 23.0. The molecule has 0 saturated carbocycles. The summed E-state index contributed by atoms with van der Waals surface area (Å²) in [6.07, 6.45) is 1.52. The maximum absolute atomic E-state index is 13.3. The number of nitrogen functional groups attached to an aromatic ring is 1. The summed E-state index contributed by atoms with van der Waals surface area (Å²) in [7, 11) is 0. The van der Waals surface area contributed by atoms with Gasteiger partial charge in [0.05, 0.1) is 5.56 Å². The molecule has 0 radical (unpaired) electrons. The zero-order chi connectivity index (χ0) is 30.4. The predicted octanol–water partition coefficient (Wildman–Crippen LogP) is 4.55. The second kappa shape index (κ2) is 10.3. The van der Waals surface area contributed by atoms with Crippen LogP contribution >= 0.6 is 0 Å². The average molecular weight is 589 g/mol. The molecule has 218 valence electrons. The number of rotatable bonds is 6. The number of phenols is 2. The number of amides is 1. The van der Waals surface area contributed by atoms with Crippen LogP contribution in [0.3, 0.4) is 0 Å². The number of aromatic nitrogens is 2. The number of anilines is 1. The SMILES string of the molecule is Nc1ccnc(OCc2ccc(CNC(=O)c3ccc4c(c3)C3(OC4=O)c4ccc(O)cc4Oc4cc(O)ccc43)cc2)n1. The number of hydrogen-bond donors (Lipinski definition) is 4. The highest BCUT2D eigenvalue weighted by Gasteiger charge is 2.53. The van der Waals surface area contributed by atoms with Crippen molar-refractivity contribution in [1.82, 2.24) is 15.3 Å². The Morgan fingerprint density at radius 2 is 1.55 bits per heavy atom. The van der Waals surface area contributed by atoms with Crippen LogP contribution in [-0.2, 0) is 23.5 Å². The van der Waals surface area contributed by atoms with Crippen LogP contribution in [0.25, 0.3) is 0 Å². The second-order valence-electron chi connectivity index (χ2n) is 10.3. The molecule has 0 atom stereocenters. The zero-order valence-electron chi connectivity index (χ0n) is 23.0. The summed E-state index contributed by atoms with van der Waals surface area (Å²) in [5.41, 5.74) is 7.97. The Bertz CT molecular complexity index is 1910. The van der Waals surface area contributed by atoms with Gasteiger partial charge in [0.1, 0.15) is 35.4 Å². The van der Waals surface area contributed by atoms with Gasteiger partial charge in [0.15, 0.2) is 5.60 Å². The van der Waals surface area contributed by atoms with E-state index < -0.39 is 11.6 Å². The molecule has 7 rings (SSSR count). The monoisotopic (exact) mass is 588 g/mol. The molecule has 0 saturated heterocycles. The van der Waals surface area contributed by atoms with Gasteiger partial charge in [0.25, 0.3) is 5.91 Å². The molecule has 1 aromatic heterocycles. The topological polar surface area (TPSA) is 166 Å². The van der Waals surface area contributed by atoms with E-state index in [4.69, 9.17) is 19.9 Å². The Balaban J connectivity index is 1.14. The molecule has 5 N–H and O–H groups in total. The van der Waals surface area contributed by atoms with Crippen molar-refractivity contribution >= 4 is 17.7 Å². The molecule has 1 amide bonds. The van der Waals surface area contributed by atoms with Crippen molar-refractivity contribution in [2.75, 3.05) is 5.73 Å². The summed E-state index contributed by atoms with van der Waals surface area (Å²) < 4.78 is 17.6. The molecule has 2 aliphatic heterocycles. The van der Waals surface area contributed by atoms with E-state index in [-0.39, 0.29) is 48.1 Å². The van der Waals surface area contributed by atoms with Crippen molar-refractivity contribution in [3.05, 3.63) is 130 Å². The van der Waals surface area contributed by atoms with E-state index in [9.17, 15) is 19.8 Å². The van der Waals surface area contributed by atoms with Crippen molar-refractivity contribution in [3.8, 4) is 29.0 Å². The number of benzene rings is 4. The minimum Gasteiger partial charge on any atom is -0.508 e. The van der Waals surface area contributed by atoms with Crippen LogP contribution in [-0.4, -0.2) is 32.1 Å². The molecule has 0 fully saturated rings. The van der Waals surface area contributed by atoms with Gasteiger partial charge >= 0.3 is 12.0 Å². The van der Waals surface area contributed by atoms with Gasteiger partial charge < -0.3 is 35.5 Å². The third-order valence-corrected chi connectivity index (χ3v) is 7.53. The first-order valence-electron chi connectivity index (χ1n) is 13.6. The van der Waals surface area contributed by atoms with Gasteiger partial charge in [-0.2, -0.15) is 4.98 Å². The van der Waals surface area contributed by atoms with E-state index in [2.05, 4.69) is 15.3 Å². The van der Waals surface area contributed by atoms with E-state index in [0.717, 1.165) is 11.1 Å². The van der Waals surface area contributed by atoms with Crippen molar-refractivity contribution < 1.29 is 34.0 Å². The summed E-state index contributed by atoms with van der Waals surface area (Å²) >= 11 is 0. The predicted molar refractivity (Wildman–Crippen MR) is 156 cm³/mol. The maximum atomic E-state index is 13.3. The molecule has 3 heterocycles. The van der Waals surface area contributed by atoms with Crippen LogP contribution in [0.4, 0.5) is 5.82 Å². The van der Waals surface area contributed by atoms with Gasteiger partial charge in [0.2, 0.25) is 0 Å². The number of fused-ring (bicyclic) bond motifs is 6. The molecule has 0 aliphatic carbocycles. The average Bonchev–Trinajstić information content (AvgIpc) is 3.30. The van der Waals surface area contributed by atoms with E-state index in [1.54, 1.807) is 36.4 Å². The van der Waals surface area contributed by atoms with Crippen molar-refractivity contribution in [2.24, 2.45) is 0 Å². The first-order chi connectivity index (χ1) is 21.3. The molecule has 4 aromatic carbocycles. The third kappa shape index (κ3) is 4.56. The number of nitrogens with zero attached hydrogens (tertiary/aromatic N) is 2. The van der Waals surface area contributed by atoms with E-state index in [1.807, 2.05) is 24.3 Å². The molecule has 1 spiro atoms. The Morgan fingerprint density at radius 1 is 0.864 bits per heavy atom. The highest BCUT2D eigenvalue weighted by Crippen LogP contribution is 2.57. The number of carbonyl (C=O) groups is 2. The first kappa shape index (κ1) is 26.8. The van der Waals surface area contributed by atoms with Crippen LogP contribution in [0.1, 0.15) is 48.5 Å². The summed E-state index contributed by atoms with van der Waals surface area (Å²) in [5.74, 6) is -0.176. The molecule has 0 bridgehead atoms. The summed E-state index contributed by atoms with van der Waals surface area (Å²) in [4.78, 5) is 34.5. The fourth-order valence-electron chi connectivity index (χ4n) is 5.45. The molecular formula is C33H24N4O7. The first-order valence-corrected chi connectivity index (χ1v) is 13.6. The Labute approximate surface area is 250 Å². The Kier molecular flexibility index (Phi) is 6.28. The molecule has 5 aromatic rings. The molecule has 2 aliphatic rings. The number of hydrogen-bond acceptors (Lipinski definition) is 10. The standard InChI is InChI=1S/C33H24N4O7/c34-29-11-12-35-32(37-29)42-17-19-3-1-18(2-4-19)16-36-30(40)20-5-8-23-26(13-20)33(44-31(23)41)24-9-6-21(38)14-27(24)43-28-15-22(39)7-10-25(28)33/h1-15,38-39H,16-17H2,(H,36,40)(H2,34,35,37).